The SMILES string of the molecule is CC.Cc1ccc2cc(C)c(=O)oc2c1. The summed E-state index contributed by atoms with van der Waals surface area (Å²) in [6, 6.07) is 7.68. The van der Waals surface area contributed by atoms with Crippen LogP contribution in [0.15, 0.2) is 33.5 Å². The second-order valence-electron chi connectivity index (χ2n) is 3.26. The van der Waals surface area contributed by atoms with E-state index in [1.165, 1.54) is 0 Å². The molecule has 0 atom stereocenters. The molecule has 15 heavy (non-hydrogen) atoms. The van der Waals surface area contributed by atoms with Crippen molar-refractivity contribution in [1.29, 1.82) is 0 Å². The van der Waals surface area contributed by atoms with Crippen molar-refractivity contribution >= 4 is 11.0 Å². The first-order chi connectivity index (χ1) is 7.16. The maximum atomic E-state index is 11.2. The summed E-state index contributed by atoms with van der Waals surface area (Å²) in [4.78, 5) is 11.2. The highest BCUT2D eigenvalue weighted by Gasteiger charge is 2.00. The van der Waals surface area contributed by atoms with Crippen LogP contribution in [0.3, 0.4) is 0 Å². The number of aryl methyl sites for hydroxylation is 2. The van der Waals surface area contributed by atoms with E-state index in [1.54, 1.807) is 6.92 Å². The lowest BCUT2D eigenvalue weighted by Gasteiger charge is -1.98. The molecule has 0 bridgehead atoms. The lowest BCUT2D eigenvalue weighted by Crippen LogP contribution is -2.01. The Balaban J connectivity index is 0.000000531. The second-order valence-corrected chi connectivity index (χ2v) is 3.26. The van der Waals surface area contributed by atoms with Crippen LogP contribution >= 0.6 is 0 Å². The molecular weight excluding hydrogens is 188 g/mol. The number of fused-ring (bicyclic) bond motifs is 1. The molecule has 0 aliphatic rings. The minimum absolute atomic E-state index is 0.252. The molecule has 0 fully saturated rings. The lowest BCUT2D eigenvalue weighted by atomic mass is 10.1. The van der Waals surface area contributed by atoms with Crippen LogP contribution in [-0.4, -0.2) is 0 Å². The molecule has 1 aromatic heterocycles. The largest absolute Gasteiger partial charge is 0.423 e. The third kappa shape index (κ3) is 2.46. The Labute approximate surface area is 89.5 Å². The minimum Gasteiger partial charge on any atom is -0.423 e. The normalized spacial score (nSPS) is 9.60. The first-order valence-corrected chi connectivity index (χ1v) is 5.18. The summed E-state index contributed by atoms with van der Waals surface area (Å²) in [6.07, 6.45) is 0. The van der Waals surface area contributed by atoms with Crippen LogP contribution in [0, 0.1) is 13.8 Å². The van der Waals surface area contributed by atoms with Crippen molar-refractivity contribution in [3.05, 3.63) is 45.8 Å². The monoisotopic (exact) mass is 204 g/mol. The fourth-order valence-electron chi connectivity index (χ4n) is 1.32. The van der Waals surface area contributed by atoms with Crippen molar-refractivity contribution < 1.29 is 4.42 Å². The van der Waals surface area contributed by atoms with Gasteiger partial charge in [0.15, 0.2) is 0 Å². The predicted octanol–water partition coefficient (Wildman–Crippen LogP) is 3.44. The fraction of sp³-hybridized carbons (Fsp3) is 0.308. The van der Waals surface area contributed by atoms with Crippen molar-refractivity contribution in [1.82, 2.24) is 0 Å². The first-order valence-electron chi connectivity index (χ1n) is 5.18. The Bertz CT molecular complexity index is 509. The van der Waals surface area contributed by atoms with Gasteiger partial charge >= 0.3 is 5.63 Å². The number of rotatable bonds is 0. The standard InChI is InChI=1S/C11H10O2.C2H6/c1-7-3-4-9-6-8(2)11(12)13-10(9)5-7;1-2/h3-6H,1-2H3;1-2H3. The van der Waals surface area contributed by atoms with Crippen LogP contribution in [0.2, 0.25) is 0 Å². The predicted molar refractivity (Wildman–Crippen MR) is 63.3 cm³/mol. The van der Waals surface area contributed by atoms with Crippen molar-refractivity contribution in [3.8, 4) is 0 Å². The highest BCUT2D eigenvalue weighted by Crippen LogP contribution is 2.14. The van der Waals surface area contributed by atoms with Gasteiger partial charge in [0.05, 0.1) is 0 Å². The maximum Gasteiger partial charge on any atom is 0.339 e. The van der Waals surface area contributed by atoms with Gasteiger partial charge in [0.2, 0.25) is 0 Å². The summed E-state index contributed by atoms with van der Waals surface area (Å²) in [5.41, 5.74) is 2.16. The smallest absolute Gasteiger partial charge is 0.339 e. The molecule has 0 aliphatic heterocycles. The molecule has 2 rings (SSSR count). The van der Waals surface area contributed by atoms with Crippen LogP contribution in [0.4, 0.5) is 0 Å². The summed E-state index contributed by atoms with van der Waals surface area (Å²) in [6.45, 7) is 7.73. The second kappa shape index (κ2) is 4.78. The zero-order chi connectivity index (χ0) is 11.4. The molecule has 80 valence electrons. The third-order valence-corrected chi connectivity index (χ3v) is 2.07. The molecule has 0 unspecified atom stereocenters. The summed E-state index contributed by atoms with van der Waals surface area (Å²) < 4.78 is 5.12. The molecular formula is C13H16O2. The van der Waals surface area contributed by atoms with E-state index in [4.69, 9.17) is 4.42 Å². The van der Waals surface area contributed by atoms with Crippen LogP contribution in [0.25, 0.3) is 11.0 Å². The van der Waals surface area contributed by atoms with Gasteiger partial charge in [0, 0.05) is 10.9 Å². The minimum atomic E-state index is -0.252. The molecule has 2 nitrogen and oxygen atoms in total. The van der Waals surface area contributed by atoms with Crippen LogP contribution in [-0.2, 0) is 0 Å². The van der Waals surface area contributed by atoms with Gasteiger partial charge < -0.3 is 4.42 Å². The molecule has 1 aromatic carbocycles. The van der Waals surface area contributed by atoms with Crippen LogP contribution in [0.1, 0.15) is 25.0 Å². The Morgan fingerprint density at radius 2 is 1.73 bits per heavy atom. The maximum absolute atomic E-state index is 11.2. The van der Waals surface area contributed by atoms with E-state index >= 15 is 0 Å². The van der Waals surface area contributed by atoms with E-state index in [0.717, 1.165) is 10.9 Å². The average Bonchev–Trinajstić information content (AvgIpc) is 2.23. The van der Waals surface area contributed by atoms with Crippen LogP contribution < -0.4 is 5.63 Å². The molecule has 0 spiro atoms. The Hall–Kier alpha value is -1.57. The lowest BCUT2D eigenvalue weighted by molar-refractivity contribution is 0.555. The molecule has 2 heteroatoms. The highest BCUT2D eigenvalue weighted by atomic mass is 16.4. The van der Waals surface area contributed by atoms with E-state index in [-0.39, 0.29) is 5.63 Å². The molecule has 0 N–H and O–H groups in total. The number of hydrogen-bond donors (Lipinski definition) is 0. The van der Waals surface area contributed by atoms with Crippen molar-refractivity contribution in [2.24, 2.45) is 0 Å². The molecule has 2 aromatic rings. The Kier molecular flexibility index (Phi) is 3.67. The van der Waals surface area contributed by atoms with E-state index in [0.29, 0.717) is 11.1 Å². The van der Waals surface area contributed by atoms with E-state index in [9.17, 15) is 4.79 Å². The van der Waals surface area contributed by atoms with Gasteiger partial charge in [-0.05, 0) is 31.5 Å². The van der Waals surface area contributed by atoms with Gasteiger partial charge in [0.25, 0.3) is 0 Å². The molecule has 0 saturated heterocycles. The topological polar surface area (TPSA) is 30.2 Å². The Morgan fingerprint density at radius 3 is 2.40 bits per heavy atom. The summed E-state index contributed by atoms with van der Waals surface area (Å²) in [7, 11) is 0. The zero-order valence-corrected chi connectivity index (χ0v) is 9.63. The molecule has 1 heterocycles. The van der Waals surface area contributed by atoms with E-state index < -0.39 is 0 Å². The summed E-state index contributed by atoms with van der Waals surface area (Å²) >= 11 is 0. The van der Waals surface area contributed by atoms with E-state index in [2.05, 4.69) is 0 Å². The molecule has 0 aliphatic carbocycles. The number of hydrogen-bond acceptors (Lipinski definition) is 2. The van der Waals surface area contributed by atoms with Gasteiger partial charge in [-0.3, -0.25) is 0 Å². The van der Waals surface area contributed by atoms with Crippen LogP contribution in [0.5, 0.6) is 0 Å². The van der Waals surface area contributed by atoms with Gasteiger partial charge in [-0.1, -0.05) is 26.0 Å². The van der Waals surface area contributed by atoms with Gasteiger partial charge in [-0.2, -0.15) is 0 Å². The van der Waals surface area contributed by atoms with Gasteiger partial charge in [-0.15, -0.1) is 0 Å². The molecule has 0 amide bonds. The average molecular weight is 204 g/mol. The third-order valence-electron chi connectivity index (χ3n) is 2.07. The summed E-state index contributed by atoms with van der Waals surface area (Å²) in [5.74, 6) is 0. The zero-order valence-electron chi connectivity index (χ0n) is 9.63. The van der Waals surface area contributed by atoms with Crippen molar-refractivity contribution in [3.63, 3.8) is 0 Å². The molecule has 0 saturated carbocycles. The quantitative estimate of drug-likeness (QED) is 0.615. The molecule has 0 radical (unpaired) electrons. The first kappa shape index (κ1) is 11.5. The highest BCUT2D eigenvalue weighted by molar-refractivity contribution is 5.77. The van der Waals surface area contributed by atoms with Gasteiger partial charge in [-0.25, -0.2) is 4.79 Å². The number of benzene rings is 1. The van der Waals surface area contributed by atoms with E-state index in [1.807, 2.05) is 45.0 Å². The van der Waals surface area contributed by atoms with Gasteiger partial charge in [0.1, 0.15) is 5.58 Å². The van der Waals surface area contributed by atoms with Crippen molar-refractivity contribution in [2.75, 3.05) is 0 Å². The summed E-state index contributed by atoms with van der Waals surface area (Å²) in [5, 5.41) is 0.975. The Morgan fingerprint density at radius 1 is 1.07 bits per heavy atom. The van der Waals surface area contributed by atoms with Crippen molar-refractivity contribution in [2.45, 2.75) is 27.7 Å². The fourth-order valence-corrected chi connectivity index (χ4v) is 1.32.